The van der Waals surface area contributed by atoms with E-state index in [9.17, 15) is 0 Å². The number of hydrogen-bond acceptors (Lipinski definition) is 3. The van der Waals surface area contributed by atoms with Crippen LogP contribution in [0.4, 0.5) is 0 Å². The average Bonchev–Trinajstić information content (AvgIpc) is 2.46. The fraction of sp³-hybridized carbons (Fsp3) is 0.929. The number of guanidine groups is 1. The molecular weight excluding hydrogens is 240 g/mol. The molecular formula is C14H28N4O. The summed E-state index contributed by atoms with van der Waals surface area (Å²) < 4.78 is 5.31. The normalized spacial score (nSPS) is 26.7. The summed E-state index contributed by atoms with van der Waals surface area (Å²) in [7, 11) is 0. The van der Waals surface area contributed by atoms with Crippen molar-refractivity contribution in [3.63, 3.8) is 0 Å². The monoisotopic (exact) mass is 268 g/mol. The van der Waals surface area contributed by atoms with Crippen molar-refractivity contribution in [2.45, 2.75) is 38.6 Å². The minimum Gasteiger partial charge on any atom is -0.378 e. The fourth-order valence-electron chi connectivity index (χ4n) is 2.85. The molecule has 0 aromatic rings. The fourth-order valence-corrected chi connectivity index (χ4v) is 2.85. The smallest absolute Gasteiger partial charge is 0.191 e. The predicted octanol–water partition coefficient (Wildman–Crippen LogP) is 0.898. The summed E-state index contributed by atoms with van der Waals surface area (Å²) in [4.78, 5) is 9.20. The lowest BCUT2D eigenvalue weighted by molar-refractivity contribution is 0.0674. The van der Waals surface area contributed by atoms with Gasteiger partial charge in [-0.2, -0.15) is 0 Å². The molecule has 0 spiro atoms. The maximum atomic E-state index is 6.00. The predicted molar refractivity (Wildman–Crippen MR) is 78.4 cm³/mol. The van der Waals surface area contributed by atoms with Gasteiger partial charge in [-0.3, -0.25) is 4.99 Å². The van der Waals surface area contributed by atoms with E-state index in [1.54, 1.807) is 0 Å². The number of ether oxygens (including phenoxy) is 1. The zero-order valence-corrected chi connectivity index (χ0v) is 12.2. The molecule has 1 atom stereocenters. The van der Waals surface area contributed by atoms with Crippen LogP contribution in [-0.2, 0) is 4.74 Å². The number of aliphatic imine (C=N–C) groups is 1. The van der Waals surface area contributed by atoms with Crippen molar-refractivity contribution in [1.29, 1.82) is 0 Å². The second-order valence-corrected chi connectivity index (χ2v) is 5.57. The molecule has 2 aliphatic heterocycles. The third-order valence-electron chi connectivity index (χ3n) is 4.15. The van der Waals surface area contributed by atoms with Gasteiger partial charge in [-0.25, -0.2) is 0 Å². The van der Waals surface area contributed by atoms with E-state index in [1.165, 1.54) is 25.8 Å². The van der Waals surface area contributed by atoms with Gasteiger partial charge in [0.25, 0.3) is 0 Å². The maximum Gasteiger partial charge on any atom is 0.191 e. The van der Waals surface area contributed by atoms with Crippen LogP contribution in [0.15, 0.2) is 4.99 Å². The SMILES string of the molecule is CC1CCCCN1CCCN=C(N)N1CCOCC1. The van der Waals surface area contributed by atoms with E-state index in [0.717, 1.165) is 51.9 Å². The molecule has 0 aromatic carbocycles. The summed E-state index contributed by atoms with van der Waals surface area (Å²) in [5.74, 6) is 0.690. The van der Waals surface area contributed by atoms with Gasteiger partial charge in [0.15, 0.2) is 5.96 Å². The molecule has 2 heterocycles. The quantitative estimate of drug-likeness (QED) is 0.467. The summed E-state index contributed by atoms with van der Waals surface area (Å²) in [6.45, 7) is 8.86. The summed E-state index contributed by atoms with van der Waals surface area (Å²) in [6.07, 6.45) is 5.19. The second-order valence-electron chi connectivity index (χ2n) is 5.57. The summed E-state index contributed by atoms with van der Waals surface area (Å²) in [6, 6.07) is 0.745. The summed E-state index contributed by atoms with van der Waals surface area (Å²) in [5, 5.41) is 0. The zero-order valence-electron chi connectivity index (χ0n) is 12.2. The van der Waals surface area contributed by atoms with Crippen LogP contribution in [0.5, 0.6) is 0 Å². The van der Waals surface area contributed by atoms with Crippen molar-refractivity contribution in [3.8, 4) is 0 Å². The van der Waals surface area contributed by atoms with Crippen molar-refractivity contribution in [1.82, 2.24) is 9.80 Å². The van der Waals surface area contributed by atoms with Crippen molar-refractivity contribution in [2.24, 2.45) is 10.7 Å². The Morgan fingerprint density at radius 2 is 2.05 bits per heavy atom. The van der Waals surface area contributed by atoms with E-state index >= 15 is 0 Å². The van der Waals surface area contributed by atoms with Crippen molar-refractivity contribution in [3.05, 3.63) is 0 Å². The third kappa shape index (κ3) is 4.66. The highest BCUT2D eigenvalue weighted by Gasteiger charge is 2.17. The molecule has 0 radical (unpaired) electrons. The van der Waals surface area contributed by atoms with Crippen LogP contribution in [-0.4, -0.2) is 67.7 Å². The number of hydrogen-bond donors (Lipinski definition) is 1. The van der Waals surface area contributed by atoms with Gasteiger partial charge in [-0.1, -0.05) is 6.42 Å². The van der Waals surface area contributed by atoms with E-state index in [1.807, 2.05) is 0 Å². The molecule has 2 N–H and O–H groups in total. The standard InChI is InChI=1S/C14H28N4O/c1-13-5-2-3-7-17(13)8-4-6-16-14(15)18-9-11-19-12-10-18/h13H,2-12H2,1H3,(H2,15,16). The minimum absolute atomic E-state index is 0.690. The zero-order chi connectivity index (χ0) is 13.5. The molecule has 110 valence electrons. The number of nitrogens with two attached hydrogens (primary N) is 1. The molecule has 2 fully saturated rings. The van der Waals surface area contributed by atoms with Crippen LogP contribution in [0, 0.1) is 0 Å². The highest BCUT2D eigenvalue weighted by molar-refractivity contribution is 5.78. The molecule has 19 heavy (non-hydrogen) atoms. The van der Waals surface area contributed by atoms with E-state index in [2.05, 4.69) is 21.7 Å². The van der Waals surface area contributed by atoms with Crippen LogP contribution in [0.1, 0.15) is 32.6 Å². The van der Waals surface area contributed by atoms with Crippen LogP contribution < -0.4 is 5.73 Å². The molecule has 0 bridgehead atoms. The Kier molecular flexibility index (Phi) is 5.92. The molecule has 0 amide bonds. The number of rotatable bonds is 4. The second kappa shape index (κ2) is 7.70. The number of nitrogens with zero attached hydrogens (tertiary/aromatic N) is 3. The van der Waals surface area contributed by atoms with Gasteiger partial charge in [0, 0.05) is 32.2 Å². The molecule has 2 rings (SSSR count). The van der Waals surface area contributed by atoms with E-state index in [-0.39, 0.29) is 0 Å². The van der Waals surface area contributed by atoms with Gasteiger partial charge in [-0.05, 0) is 32.7 Å². The highest BCUT2D eigenvalue weighted by Crippen LogP contribution is 2.16. The number of piperidine rings is 1. The largest absolute Gasteiger partial charge is 0.378 e. The van der Waals surface area contributed by atoms with Gasteiger partial charge < -0.3 is 20.3 Å². The Bertz CT molecular complexity index is 289. The van der Waals surface area contributed by atoms with Crippen LogP contribution in [0.2, 0.25) is 0 Å². The minimum atomic E-state index is 0.690. The number of morpholine rings is 1. The number of likely N-dealkylation sites (tertiary alicyclic amines) is 1. The van der Waals surface area contributed by atoms with Crippen LogP contribution in [0.25, 0.3) is 0 Å². The lowest BCUT2D eigenvalue weighted by Crippen LogP contribution is -2.45. The average molecular weight is 268 g/mol. The molecule has 2 saturated heterocycles. The first kappa shape index (κ1) is 14.6. The lowest BCUT2D eigenvalue weighted by atomic mass is 10.0. The molecule has 1 unspecified atom stereocenters. The first-order valence-electron chi connectivity index (χ1n) is 7.64. The van der Waals surface area contributed by atoms with Crippen LogP contribution in [0.3, 0.4) is 0 Å². The van der Waals surface area contributed by atoms with Crippen molar-refractivity contribution in [2.75, 3.05) is 45.9 Å². The van der Waals surface area contributed by atoms with E-state index in [4.69, 9.17) is 10.5 Å². The first-order valence-corrected chi connectivity index (χ1v) is 7.64. The Hall–Kier alpha value is -0.810. The maximum absolute atomic E-state index is 6.00. The Morgan fingerprint density at radius 1 is 1.26 bits per heavy atom. The Labute approximate surface area is 116 Å². The molecule has 0 saturated carbocycles. The Balaban J connectivity index is 1.64. The molecule has 0 aromatic heterocycles. The van der Waals surface area contributed by atoms with E-state index < -0.39 is 0 Å². The van der Waals surface area contributed by atoms with Crippen molar-refractivity contribution >= 4 is 5.96 Å². The van der Waals surface area contributed by atoms with Gasteiger partial charge >= 0.3 is 0 Å². The summed E-state index contributed by atoms with van der Waals surface area (Å²) >= 11 is 0. The lowest BCUT2D eigenvalue weighted by Gasteiger charge is -2.33. The van der Waals surface area contributed by atoms with Gasteiger partial charge in [0.05, 0.1) is 13.2 Å². The molecule has 0 aliphatic carbocycles. The highest BCUT2D eigenvalue weighted by atomic mass is 16.5. The van der Waals surface area contributed by atoms with Crippen LogP contribution >= 0.6 is 0 Å². The van der Waals surface area contributed by atoms with Gasteiger partial charge in [0.1, 0.15) is 0 Å². The first-order chi connectivity index (χ1) is 9.27. The van der Waals surface area contributed by atoms with E-state index in [0.29, 0.717) is 5.96 Å². The Morgan fingerprint density at radius 3 is 2.79 bits per heavy atom. The van der Waals surface area contributed by atoms with Gasteiger partial charge in [0.2, 0.25) is 0 Å². The molecule has 2 aliphatic rings. The van der Waals surface area contributed by atoms with Crippen molar-refractivity contribution < 1.29 is 4.74 Å². The molecule has 5 heteroatoms. The van der Waals surface area contributed by atoms with Gasteiger partial charge in [-0.15, -0.1) is 0 Å². The summed E-state index contributed by atoms with van der Waals surface area (Å²) in [5.41, 5.74) is 6.00. The topological polar surface area (TPSA) is 54.1 Å². The third-order valence-corrected chi connectivity index (χ3v) is 4.15. The molecule has 5 nitrogen and oxygen atoms in total.